The maximum atomic E-state index is 6.09. The Kier molecular flexibility index (Phi) is 4.10. The topological polar surface area (TPSA) is 42.2 Å². The smallest absolute Gasteiger partial charge is 0.257 e. The minimum atomic E-state index is 0.398. The van der Waals surface area contributed by atoms with E-state index in [1.165, 1.54) is 0 Å². The summed E-state index contributed by atoms with van der Waals surface area (Å²) in [7, 11) is 2.14. The highest BCUT2D eigenvalue weighted by atomic mass is 79.9. The second-order valence-electron chi connectivity index (χ2n) is 5.16. The van der Waals surface area contributed by atoms with E-state index in [-0.39, 0.29) is 0 Å². The molecule has 1 aliphatic rings. The van der Waals surface area contributed by atoms with Crippen LogP contribution in [0.2, 0.25) is 5.02 Å². The average molecular weight is 357 g/mol. The molecule has 0 N–H and O–H groups in total. The van der Waals surface area contributed by atoms with Crippen molar-refractivity contribution < 1.29 is 4.52 Å². The molecule has 0 amide bonds. The minimum Gasteiger partial charge on any atom is -0.334 e. The van der Waals surface area contributed by atoms with Gasteiger partial charge < -0.3 is 9.42 Å². The fourth-order valence-electron chi connectivity index (χ4n) is 2.41. The Hall–Kier alpha value is -0.910. The fraction of sp³-hybridized carbons (Fsp3) is 0.429. The van der Waals surface area contributed by atoms with Crippen LogP contribution >= 0.6 is 27.5 Å². The van der Waals surface area contributed by atoms with Crippen LogP contribution in [0.4, 0.5) is 0 Å². The normalized spacial score (nSPS) is 17.6. The van der Waals surface area contributed by atoms with Gasteiger partial charge in [-0.15, -0.1) is 0 Å². The lowest BCUT2D eigenvalue weighted by atomic mass is 9.96. The largest absolute Gasteiger partial charge is 0.334 e. The molecule has 4 nitrogen and oxygen atoms in total. The van der Waals surface area contributed by atoms with Crippen molar-refractivity contribution in [1.82, 2.24) is 15.0 Å². The standard InChI is InChI=1S/C14H15BrClN3O/c1-19-6-4-9(5-7-19)13-17-14(20-18-13)10-2-3-11(15)12(16)8-10/h2-3,8-9H,4-7H2,1H3. The zero-order valence-electron chi connectivity index (χ0n) is 11.1. The Morgan fingerprint density at radius 3 is 2.80 bits per heavy atom. The molecule has 0 radical (unpaired) electrons. The maximum Gasteiger partial charge on any atom is 0.257 e. The number of nitrogens with zero attached hydrogens (tertiary/aromatic N) is 3. The molecule has 1 fully saturated rings. The summed E-state index contributed by atoms with van der Waals surface area (Å²) >= 11 is 9.47. The molecule has 20 heavy (non-hydrogen) atoms. The molecular weight excluding hydrogens is 342 g/mol. The number of piperidine rings is 1. The van der Waals surface area contributed by atoms with Crippen molar-refractivity contribution in [3.63, 3.8) is 0 Å². The minimum absolute atomic E-state index is 0.398. The summed E-state index contributed by atoms with van der Waals surface area (Å²) in [4.78, 5) is 6.86. The first kappa shape index (κ1) is 14.0. The summed E-state index contributed by atoms with van der Waals surface area (Å²) < 4.78 is 6.24. The maximum absolute atomic E-state index is 6.09. The first-order valence-electron chi connectivity index (χ1n) is 6.61. The van der Waals surface area contributed by atoms with Gasteiger partial charge in [0.25, 0.3) is 5.89 Å². The molecule has 1 aliphatic heterocycles. The molecule has 6 heteroatoms. The Morgan fingerprint density at radius 1 is 1.35 bits per heavy atom. The van der Waals surface area contributed by atoms with Crippen molar-refractivity contribution in [2.24, 2.45) is 0 Å². The highest BCUT2D eigenvalue weighted by Crippen LogP contribution is 2.30. The zero-order valence-corrected chi connectivity index (χ0v) is 13.5. The Morgan fingerprint density at radius 2 is 2.10 bits per heavy atom. The third-order valence-corrected chi connectivity index (χ3v) is 4.92. The van der Waals surface area contributed by atoms with E-state index in [0.29, 0.717) is 16.8 Å². The van der Waals surface area contributed by atoms with E-state index in [9.17, 15) is 0 Å². The van der Waals surface area contributed by atoms with Gasteiger partial charge in [-0.05, 0) is 67.1 Å². The SMILES string of the molecule is CN1CCC(c2noc(-c3ccc(Br)c(Cl)c3)n2)CC1. The van der Waals surface area contributed by atoms with Gasteiger partial charge in [-0.25, -0.2) is 0 Å². The summed E-state index contributed by atoms with van der Waals surface area (Å²) in [5.41, 5.74) is 0.852. The molecular formula is C14H15BrClN3O. The number of halogens is 2. The van der Waals surface area contributed by atoms with E-state index in [4.69, 9.17) is 16.1 Å². The van der Waals surface area contributed by atoms with Gasteiger partial charge in [0.2, 0.25) is 0 Å². The molecule has 0 atom stereocenters. The third kappa shape index (κ3) is 2.90. The van der Waals surface area contributed by atoms with Crippen LogP contribution in [0.1, 0.15) is 24.6 Å². The van der Waals surface area contributed by atoms with Crippen LogP contribution < -0.4 is 0 Å². The predicted molar refractivity (Wildman–Crippen MR) is 81.9 cm³/mol. The molecule has 0 unspecified atom stereocenters. The van der Waals surface area contributed by atoms with Gasteiger partial charge in [-0.3, -0.25) is 0 Å². The van der Waals surface area contributed by atoms with Crippen molar-refractivity contribution in [3.05, 3.63) is 33.5 Å². The van der Waals surface area contributed by atoms with Crippen molar-refractivity contribution >= 4 is 27.5 Å². The molecule has 1 aromatic carbocycles. The first-order valence-corrected chi connectivity index (χ1v) is 7.78. The fourth-order valence-corrected chi connectivity index (χ4v) is 2.84. The van der Waals surface area contributed by atoms with E-state index in [0.717, 1.165) is 41.8 Å². The molecule has 1 aromatic heterocycles. The van der Waals surface area contributed by atoms with E-state index in [2.05, 4.69) is 38.0 Å². The van der Waals surface area contributed by atoms with E-state index >= 15 is 0 Å². The number of likely N-dealkylation sites (tertiary alicyclic amines) is 1. The van der Waals surface area contributed by atoms with Gasteiger partial charge in [0, 0.05) is 16.0 Å². The van der Waals surface area contributed by atoms with Crippen LogP contribution in [0.5, 0.6) is 0 Å². The van der Waals surface area contributed by atoms with Gasteiger partial charge in [-0.2, -0.15) is 4.98 Å². The van der Waals surface area contributed by atoms with Crippen LogP contribution in [-0.4, -0.2) is 35.2 Å². The molecule has 106 valence electrons. The van der Waals surface area contributed by atoms with Crippen molar-refractivity contribution in [2.75, 3.05) is 20.1 Å². The van der Waals surface area contributed by atoms with Crippen LogP contribution in [0, 0.1) is 0 Å². The van der Waals surface area contributed by atoms with Crippen LogP contribution in [0.15, 0.2) is 27.2 Å². The molecule has 2 aromatic rings. The molecule has 1 saturated heterocycles. The van der Waals surface area contributed by atoms with Crippen LogP contribution in [0.25, 0.3) is 11.5 Å². The lowest BCUT2D eigenvalue weighted by Crippen LogP contribution is -2.29. The van der Waals surface area contributed by atoms with E-state index in [1.54, 1.807) is 0 Å². The molecule has 0 saturated carbocycles. The number of hydrogen-bond acceptors (Lipinski definition) is 4. The molecule has 0 aliphatic carbocycles. The number of benzene rings is 1. The third-order valence-electron chi connectivity index (χ3n) is 3.69. The Bertz CT molecular complexity index is 608. The molecule has 0 spiro atoms. The van der Waals surface area contributed by atoms with E-state index < -0.39 is 0 Å². The summed E-state index contributed by atoms with van der Waals surface area (Å²) in [6.45, 7) is 2.16. The van der Waals surface area contributed by atoms with Crippen LogP contribution in [0.3, 0.4) is 0 Å². The van der Waals surface area contributed by atoms with Gasteiger partial charge in [0.1, 0.15) is 0 Å². The zero-order chi connectivity index (χ0) is 14.1. The van der Waals surface area contributed by atoms with Crippen molar-refractivity contribution in [2.45, 2.75) is 18.8 Å². The second kappa shape index (κ2) is 5.84. The van der Waals surface area contributed by atoms with Gasteiger partial charge in [-0.1, -0.05) is 16.8 Å². The van der Waals surface area contributed by atoms with Gasteiger partial charge in [0.15, 0.2) is 5.82 Å². The lowest BCUT2D eigenvalue weighted by molar-refractivity contribution is 0.248. The van der Waals surface area contributed by atoms with Crippen molar-refractivity contribution in [3.8, 4) is 11.5 Å². The van der Waals surface area contributed by atoms with E-state index in [1.807, 2.05) is 18.2 Å². The number of rotatable bonds is 2. The van der Waals surface area contributed by atoms with Crippen molar-refractivity contribution in [1.29, 1.82) is 0 Å². The quantitative estimate of drug-likeness (QED) is 0.817. The predicted octanol–water partition coefficient (Wildman–Crippen LogP) is 3.96. The summed E-state index contributed by atoms with van der Waals surface area (Å²) in [5.74, 6) is 1.75. The summed E-state index contributed by atoms with van der Waals surface area (Å²) in [5, 5.41) is 4.77. The molecule has 2 heterocycles. The summed E-state index contributed by atoms with van der Waals surface area (Å²) in [6.07, 6.45) is 2.16. The highest BCUT2D eigenvalue weighted by Gasteiger charge is 2.23. The molecule has 3 rings (SSSR count). The highest BCUT2D eigenvalue weighted by molar-refractivity contribution is 9.10. The molecule has 0 bridgehead atoms. The van der Waals surface area contributed by atoms with Crippen LogP contribution in [-0.2, 0) is 0 Å². The lowest BCUT2D eigenvalue weighted by Gasteiger charge is -2.26. The monoisotopic (exact) mass is 355 g/mol. The van der Waals surface area contributed by atoms with Gasteiger partial charge in [0.05, 0.1) is 5.02 Å². The number of aromatic nitrogens is 2. The summed E-state index contributed by atoms with van der Waals surface area (Å²) in [6, 6.07) is 5.64. The first-order chi connectivity index (χ1) is 9.63. The number of hydrogen-bond donors (Lipinski definition) is 0. The Labute approximate surface area is 131 Å². The Balaban J connectivity index is 1.81. The second-order valence-corrected chi connectivity index (χ2v) is 6.43. The van der Waals surface area contributed by atoms with Gasteiger partial charge >= 0.3 is 0 Å². The average Bonchev–Trinajstić information content (AvgIpc) is 2.92.